The first kappa shape index (κ1) is 22.2. The molecule has 0 saturated carbocycles. The monoisotopic (exact) mass is 444 g/mol. The zero-order chi connectivity index (χ0) is 22.6. The van der Waals surface area contributed by atoms with E-state index in [-0.39, 0.29) is 10.9 Å². The van der Waals surface area contributed by atoms with E-state index < -0.39 is 8.32 Å². The maximum Gasteiger partial charge on any atom is 0.261 e. The Labute approximate surface area is 190 Å². The standard InChI is InChI=1S/C27H29FN2OSi/c1-27(2,3)32(25-10-6-4-7-11-25,26-12-8-5-9-13-26)31-20-24-18-22(19-29-30-24)21-14-16-23(28)17-15-21/h4-18,29H,19-20H2,1-3H3. The van der Waals surface area contributed by atoms with Crippen LogP contribution in [0.2, 0.25) is 5.04 Å². The third kappa shape index (κ3) is 4.45. The van der Waals surface area contributed by atoms with Gasteiger partial charge in [-0.25, -0.2) is 4.39 Å². The van der Waals surface area contributed by atoms with Crippen LogP contribution in [-0.4, -0.2) is 27.2 Å². The second-order valence-corrected chi connectivity index (χ2v) is 13.4. The van der Waals surface area contributed by atoms with Crippen molar-refractivity contribution >= 4 is 30.0 Å². The van der Waals surface area contributed by atoms with Crippen molar-refractivity contribution < 1.29 is 8.82 Å². The molecule has 0 amide bonds. The van der Waals surface area contributed by atoms with E-state index in [1.54, 1.807) is 12.1 Å². The number of hydrogen-bond acceptors (Lipinski definition) is 3. The summed E-state index contributed by atoms with van der Waals surface area (Å²) in [5, 5.41) is 6.90. The van der Waals surface area contributed by atoms with Gasteiger partial charge < -0.3 is 9.85 Å². The summed E-state index contributed by atoms with van der Waals surface area (Å²) in [7, 11) is -2.63. The first-order valence-electron chi connectivity index (χ1n) is 10.9. The number of benzene rings is 3. The molecule has 0 bridgehead atoms. The number of nitrogens with one attached hydrogen (secondary N) is 1. The van der Waals surface area contributed by atoms with Crippen molar-refractivity contribution in [2.45, 2.75) is 25.8 Å². The minimum atomic E-state index is -2.63. The Morgan fingerprint density at radius 1 is 0.875 bits per heavy atom. The molecule has 0 spiro atoms. The van der Waals surface area contributed by atoms with Crippen LogP contribution in [0.1, 0.15) is 26.3 Å². The van der Waals surface area contributed by atoms with Gasteiger partial charge in [0.2, 0.25) is 0 Å². The molecular weight excluding hydrogens is 415 g/mol. The van der Waals surface area contributed by atoms with Gasteiger partial charge in [-0.05, 0) is 44.8 Å². The number of hydrogen-bond donors (Lipinski definition) is 1. The van der Waals surface area contributed by atoms with Crippen molar-refractivity contribution in [2.24, 2.45) is 5.10 Å². The topological polar surface area (TPSA) is 33.6 Å². The molecule has 1 N–H and O–H groups in total. The number of halogens is 1. The van der Waals surface area contributed by atoms with E-state index in [0.29, 0.717) is 13.2 Å². The van der Waals surface area contributed by atoms with Gasteiger partial charge in [0.25, 0.3) is 8.32 Å². The zero-order valence-corrected chi connectivity index (χ0v) is 19.8. The van der Waals surface area contributed by atoms with Gasteiger partial charge in [-0.15, -0.1) is 0 Å². The molecule has 3 aromatic rings. The van der Waals surface area contributed by atoms with Crippen LogP contribution in [-0.2, 0) is 4.43 Å². The van der Waals surface area contributed by atoms with E-state index in [1.807, 2.05) is 12.1 Å². The molecule has 1 aliphatic heterocycles. The van der Waals surface area contributed by atoms with Gasteiger partial charge in [0, 0.05) is 0 Å². The summed E-state index contributed by atoms with van der Waals surface area (Å²) in [5.74, 6) is -0.234. The molecule has 0 radical (unpaired) electrons. The Bertz CT molecular complexity index is 1060. The largest absolute Gasteiger partial charge is 0.401 e. The van der Waals surface area contributed by atoms with Crippen LogP contribution in [0.4, 0.5) is 4.39 Å². The fourth-order valence-corrected chi connectivity index (χ4v) is 8.90. The Balaban J connectivity index is 1.69. The van der Waals surface area contributed by atoms with Gasteiger partial charge in [0.15, 0.2) is 0 Å². The molecule has 3 nitrogen and oxygen atoms in total. The quantitative estimate of drug-likeness (QED) is 0.557. The molecule has 1 heterocycles. The third-order valence-electron chi connectivity index (χ3n) is 5.90. The highest BCUT2D eigenvalue weighted by molar-refractivity contribution is 6.99. The lowest BCUT2D eigenvalue weighted by Crippen LogP contribution is -2.67. The second-order valence-electron chi connectivity index (χ2n) is 9.07. The van der Waals surface area contributed by atoms with Crippen LogP contribution in [0.25, 0.3) is 5.57 Å². The Morgan fingerprint density at radius 3 is 1.97 bits per heavy atom. The molecule has 1 aliphatic rings. The van der Waals surface area contributed by atoms with Crippen LogP contribution in [0, 0.1) is 5.82 Å². The summed E-state index contributed by atoms with van der Waals surface area (Å²) in [4.78, 5) is 0. The molecule has 0 unspecified atom stereocenters. The van der Waals surface area contributed by atoms with Gasteiger partial charge in [-0.1, -0.05) is 93.6 Å². The highest BCUT2D eigenvalue weighted by atomic mass is 28.4. The fourth-order valence-electron chi connectivity index (χ4n) is 4.38. The van der Waals surface area contributed by atoms with Crippen molar-refractivity contribution in [2.75, 3.05) is 13.2 Å². The highest BCUT2D eigenvalue weighted by Crippen LogP contribution is 2.36. The van der Waals surface area contributed by atoms with Gasteiger partial charge in [0.05, 0.1) is 18.9 Å². The van der Waals surface area contributed by atoms with Crippen molar-refractivity contribution in [1.29, 1.82) is 0 Å². The lowest BCUT2D eigenvalue weighted by Gasteiger charge is -2.43. The average molecular weight is 445 g/mol. The van der Waals surface area contributed by atoms with E-state index in [2.05, 4.69) is 85.9 Å². The molecule has 0 aromatic heterocycles. The predicted octanol–water partition coefficient (Wildman–Crippen LogP) is 4.74. The molecular formula is C27H29FN2OSi. The Kier molecular flexibility index (Phi) is 6.40. The predicted molar refractivity (Wildman–Crippen MR) is 133 cm³/mol. The highest BCUT2D eigenvalue weighted by Gasteiger charge is 2.50. The molecule has 0 fully saturated rings. The van der Waals surface area contributed by atoms with Crippen molar-refractivity contribution in [3.8, 4) is 0 Å². The molecule has 164 valence electrons. The summed E-state index contributed by atoms with van der Waals surface area (Å²) < 4.78 is 20.3. The van der Waals surface area contributed by atoms with Crippen LogP contribution in [0.3, 0.4) is 0 Å². The van der Waals surface area contributed by atoms with Gasteiger partial charge >= 0.3 is 0 Å². The first-order valence-corrected chi connectivity index (χ1v) is 12.8. The van der Waals surface area contributed by atoms with E-state index in [9.17, 15) is 4.39 Å². The van der Waals surface area contributed by atoms with Crippen molar-refractivity contribution in [1.82, 2.24) is 5.43 Å². The fraction of sp³-hybridized carbons (Fsp3) is 0.222. The normalized spacial score (nSPS) is 14.4. The zero-order valence-electron chi connectivity index (χ0n) is 18.8. The summed E-state index contributed by atoms with van der Waals surface area (Å²) in [5.41, 5.74) is 6.00. The molecule has 32 heavy (non-hydrogen) atoms. The van der Waals surface area contributed by atoms with Gasteiger partial charge in [-0.3, -0.25) is 0 Å². The van der Waals surface area contributed by atoms with Crippen LogP contribution < -0.4 is 15.8 Å². The summed E-state index contributed by atoms with van der Waals surface area (Å²) in [6.07, 6.45) is 2.06. The summed E-state index contributed by atoms with van der Waals surface area (Å²) >= 11 is 0. The van der Waals surface area contributed by atoms with E-state index in [4.69, 9.17) is 4.43 Å². The molecule has 0 aliphatic carbocycles. The van der Waals surface area contributed by atoms with Crippen molar-refractivity contribution in [3.05, 3.63) is 102 Å². The van der Waals surface area contributed by atoms with Gasteiger partial charge in [0.1, 0.15) is 5.82 Å². The van der Waals surface area contributed by atoms with E-state index in [1.165, 1.54) is 22.5 Å². The van der Waals surface area contributed by atoms with Crippen LogP contribution >= 0.6 is 0 Å². The van der Waals surface area contributed by atoms with Crippen molar-refractivity contribution in [3.63, 3.8) is 0 Å². The lowest BCUT2D eigenvalue weighted by molar-refractivity contribution is 0.351. The van der Waals surface area contributed by atoms with E-state index >= 15 is 0 Å². The molecule has 0 saturated heterocycles. The number of hydrazone groups is 1. The third-order valence-corrected chi connectivity index (χ3v) is 10.9. The number of rotatable bonds is 6. The molecule has 4 rings (SSSR count). The Morgan fingerprint density at radius 2 is 1.44 bits per heavy atom. The lowest BCUT2D eigenvalue weighted by atomic mass is 10.0. The summed E-state index contributed by atoms with van der Waals surface area (Å²) in [6, 6.07) is 27.7. The van der Waals surface area contributed by atoms with Gasteiger partial charge in [-0.2, -0.15) is 5.10 Å². The number of nitrogens with zero attached hydrogens (tertiary/aromatic N) is 1. The Hall–Kier alpha value is -3.02. The second kappa shape index (κ2) is 9.23. The SMILES string of the molecule is CC(C)(C)[Si](OCC1=NNCC(c2ccc(F)cc2)=C1)(c1ccccc1)c1ccccc1. The minimum absolute atomic E-state index is 0.0954. The summed E-state index contributed by atoms with van der Waals surface area (Å²) in [6.45, 7) is 7.79. The molecule has 3 aromatic carbocycles. The maximum atomic E-state index is 13.3. The molecule has 0 atom stereocenters. The van der Waals surface area contributed by atoms with Crippen LogP contribution in [0.5, 0.6) is 0 Å². The minimum Gasteiger partial charge on any atom is -0.401 e. The van der Waals surface area contributed by atoms with Crippen LogP contribution in [0.15, 0.2) is 96.1 Å². The average Bonchev–Trinajstić information content (AvgIpc) is 2.81. The smallest absolute Gasteiger partial charge is 0.261 e. The van der Waals surface area contributed by atoms with E-state index in [0.717, 1.165) is 16.8 Å². The molecule has 5 heteroatoms. The first-order chi connectivity index (χ1) is 15.4. The maximum absolute atomic E-state index is 13.3.